The minimum Gasteiger partial charge on any atom is -0.496 e. The largest absolute Gasteiger partial charge is 0.496 e. The zero-order valence-corrected chi connectivity index (χ0v) is 13.3. The SMILES string of the molecule is CCn1nc(C)c(Cl)c1CC(NN)c1ccccc1OC. The third-order valence-electron chi connectivity index (χ3n) is 3.57. The van der Waals surface area contributed by atoms with Crippen molar-refractivity contribution >= 4 is 11.6 Å². The number of benzene rings is 1. The predicted molar refractivity (Wildman–Crippen MR) is 84.4 cm³/mol. The zero-order valence-electron chi connectivity index (χ0n) is 12.6. The van der Waals surface area contributed by atoms with Crippen LogP contribution in [0.2, 0.25) is 5.02 Å². The van der Waals surface area contributed by atoms with Gasteiger partial charge in [-0.15, -0.1) is 0 Å². The van der Waals surface area contributed by atoms with Crippen LogP contribution in [-0.4, -0.2) is 16.9 Å². The summed E-state index contributed by atoms with van der Waals surface area (Å²) in [7, 11) is 1.65. The quantitative estimate of drug-likeness (QED) is 0.636. The first kappa shape index (κ1) is 15.8. The summed E-state index contributed by atoms with van der Waals surface area (Å²) in [4.78, 5) is 0. The Morgan fingerprint density at radius 2 is 2.14 bits per heavy atom. The molecule has 1 heterocycles. The maximum atomic E-state index is 6.37. The topological polar surface area (TPSA) is 65.1 Å². The van der Waals surface area contributed by atoms with Crippen LogP contribution >= 0.6 is 11.6 Å². The Hall–Kier alpha value is -1.56. The maximum absolute atomic E-state index is 6.37. The van der Waals surface area contributed by atoms with Crippen LogP contribution < -0.4 is 16.0 Å². The van der Waals surface area contributed by atoms with Crippen molar-refractivity contribution in [2.24, 2.45) is 5.84 Å². The van der Waals surface area contributed by atoms with Crippen LogP contribution in [0.4, 0.5) is 0 Å². The Kier molecular flexibility index (Phi) is 5.22. The molecule has 0 aliphatic heterocycles. The molecule has 2 rings (SSSR count). The normalized spacial score (nSPS) is 12.4. The molecule has 114 valence electrons. The number of aryl methyl sites for hydroxylation is 2. The number of rotatable bonds is 6. The number of nitrogens with two attached hydrogens (primary N) is 1. The number of nitrogens with zero attached hydrogens (tertiary/aromatic N) is 2. The fraction of sp³-hybridized carbons (Fsp3) is 0.400. The molecule has 3 N–H and O–H groups in total. The second-order valence-electron chi connectivity index (χ2n) is 4.83. The lowest BCUT2D eigenvalue weighted by atomic mass is 10.0. The fourth-order valence-corrected chi connectivity index (χ4v) is 2.68. The lowest BCUT2D eigenvalue weighted by Crippen LogP contribution is -2.30. The van der Waals surface area contributed by atoms with Gasteiger partial charge in [-0.1, -0.05) is 29.8 Å². The maximum Gasteiger partial charge on any atom is 0.123 e. The van der Waals surface area contributed by atoms with Gasteiger partial charge in [0.2, 0.25) is 0 Å². The molecule has 0 radical (unpaired) electrons. The number of hydrazine groups is 1. The monoisotopic (exact) mass is 308 g/mol. The third-order valence-corrected chi connectivity index (χ3v) is 4.06. The molecule has 0 fully saturated rings. The summed E-state index contributed by atoms with van der Waals surface area (Å²) in [5.41, 5.74) is 5.66. The van der Waals surface area contributed by atoms with Crippen LogP contribution in [0, 0.1) is 6.92 Å². The highest BCUT2D eigenvalue weighted by Crippen LogP contribution is 2.30. The predicted octanol–water partition coefficient (Wildman–Crippen LogP) is 2.62. The van der Waals surface area contributed by atoms with E-state index in [9.17, 15) is 0 Å². The Morgan fingerprint density at radius 1 is 1.43 bits per heavy atom. The minimum absolute atomic E-state index is 0.0972. The van der Waals surface area contributed by atoms with Crippen LogP contribution in [0.5, 0.6) is 5.75 Å². The van der Waals surface area contributed by atoms with Crippen molar-refractivity contribution in [3.8, 4) is 5.75 Å². The van der Waals surface area contributed by atoms with Crippen LogP contribution in [0.1, 0.15) is 29.9 Å². The summed E-state index contributed by atoms with van der Waals surface area (Å²) < 4.78 is 7.32. The fourth-order valence-electron chi connectivity index (χ4n) is 2.47. The molecule has 0 amide bonds. The molecule has 1 aromatic carbocycles. The average Bonchev–Trinajstić information content (AvgIpc) is 2.79. The number of hydrogen-bond acceptors (Lipinski definition) is 4. The van der Waals surface area contributed by atoms with Gasteiger partial charge in [-0.05, 0) is 19.9 Å². The molecule has 0 aliphatic carbocycles. The van der Waals surface area contributed by atoms with Crippen molar-refractivity contribution < 1.29 is 4.74 Å². The van der Waals surface area contributed by atoms with Crippen molar-refractivity contribution in [3.63, 3.8) is 0 Å². The molecule has 1 unspecified atom stereocenters. The first-order valence-electron chi connectivity index (χ1n) is 6.93. The van der Waals surface area contributed by atoms with Crippen molar-refractivity contribution in [2.75, 3.05) is 7.11 Å². The number of hydrogen-bond donors (Lipinski definition) is 2. The highest BCUT2D eigenvalue weighted by atomic mass is 35.5. The first-order chi connectivity index (χ1) is 10.1. The summed E-state index contributed by atoms with van der Waals surface area (Å²) in [6.07, 6.45) is 0.643. The van der Waals surface area contributed by atoms with E-state index >= 15 is 0 Å². The molecule has 1 aromatic heterocycles. The van der Waals surface area contributed by atoms with E-state index in [4.69, 9.17) is 22.2 Å². The standard InChI is InChI=1S/C15H21ClN4O/c1-4-20-13(15(16)10(2)19-20)9-12(18-17)11-7-5-6-8-14(11)21-3/h5-8,12,18H,4,9,17H2,1-3H3. The van der Waals surface area contributed by atoms with Crippen molar-refractivity contribution in [1.29, 1.82) is 0 Å². The summed E-state index contributed by atoms with van der Waals surface area (Å²) in [6.45, 7) is 4.72. The van der Waals surface area contributed by atoms with Crippen LogP contribution in [0.15, 0.2) is 24.3 Å². The second-order valence-corrected chi connectivity index (χ2v) is 5.21. The average molecular weight is 309 g/mol. The van der Waals surface area contributed by atoms with Crippen LogP contribution in [-0.2, 0) is 13.0 Å². The van der Waals surface area contributed by atoms with E-state index in [0.717, 1.165) is 29.2 Å². The molecule has 0 aliphatic rings. The van der Waals surface area contributed by atoms with Gasteiger partial charge in [0.25, 0.3) is 0 Å². The number of para-hydroxylation sites is 1. The molecule has 5 nitrogen and oxygen atoms in total. The third kappa shape index (κ3) is 3.20. The molecule has 6 heteroatoms. The number of halogens is 1. The Morgan fingerprint density at radius 3 is 2.76 bits per heavy atom. The summed E-state index contributed by atoms with van der Waals surface area (Å²) >= 11 is 6.37. The molecule has 0 saturated heterocycles. The number of ether oxygens (including phenoxy) is 1. The minimum atomic E-state index is -0.0972. The van der Waals surface area contributed by atoms with E-state index in [1.807, 2.05) is 42.8 Å². The lowest BCUT2D eigenvalue weighted by Gasteiger charge is -2.19. The van der Waals surface area contributed by atoms with E-state index in [-0.39, 0.29) is 6.04 Å². The molecule has 2 aromatic rings. The van der Waals surface area contributed by atoms with Gasteiger partial charge in [-0.25, -0.2) is 0 Å². The highest BCUT2D eigenvalue weighted by molar-refractivity contribution is 6.31. The van der Waals surface area contributed by atoms with Gasteiger partial charge in [-0.2, -0.15) is 5.10 Å². The molecular weight excluding hydrogens is 288 g/mol. The smallest absolute Gasteiger partial charge is 0.123 e. The van der Waals surface area contributed by atoms with E-state index < -0.39 is 0 Å². The number of nitrogens with one attached hydrogen (secondary N) is 1. The van der Waals surface area contributed by atoms with Crippen molar-refractivity contribution in [1.82, 2.24) is 15.2 Å². The van der Waals surface area contributed by atoms with Crippen LogP contribution in [0.25, 0.3) is 0 Å². The van der Waals surface area contributed by atoms with Gasteiger partial charge in [0, 0.05) is 18.5 Å². The Labute approximate surface area is 130 Å². The molecule has 0 bridgehead atoms. The van der Waals surface area contributed by atoms with Gasteiger partial charge < -0.3 is 4.74 Å². The second kappa shape index (κ2) is 6.93. The zero-order chi connectivity index (χ0) is 15.4. The highest BCUT2D eigenvalue weighted by Gasteiger charge is 2.20. The Bertz CT molecular complexity index is 612. The molecule has 0 spiro atoms. The van der Waals surface area contributed by atoms with E-state index in [1.165, 1.54) is 0 Å². The lowest BCUT2D eigenvalue weighted by molar-refractivity contribution is 0.397. The summed E-state index contributed by atoms with van der Waals surface area (Å²) in [6, 6.07) is 7.72. The molecule has 21 heavy (non-hydrogen) atoms. The van der Waals surface area contributed by atoms with Crippen molar-refractivity contribution in [2.45, 2.75) is 32.9 Å². The van der Waals surface area contributed by atoms with Gasteiger partial charge in [0.05, 0.1) is 29.6 Å². The first-order valence-corrected chi connectivity index (χ1v) is 7.31. The van der Waals surface area contributed by atoms with Gasteiger partial charge in [0.15, 0.2) is 0 Å². The van der Waals surface area contributed by atoms with Crippen molar-refractivity contribution in [3.05, 3.63) is 46.2 Å². The Balaban J connectivity index is 2.36. The van der Waals surface area contributed by atoms with Gasteiger partial charge >= 0.3 is 0 Å². The van der Waals surface area contributed by atoms with Gasteiger partial charge in [-0.3, -0.25) is 16.0 Å². The number of aromatic nitrogens is 2. The summed E-state index contributed by atoms with van der Waals surface area (Å²) in [5.74, 6) is 6.55. The van der Waals surface area contributed by atoms with E-state index in [0.29, 0.717) is 11.4 Å². The van der Waals surface area contributed by atoms with Crippen LogP contribution in [0.3, 0.4) is 0 Å². The van der Waals surface area contributed by atoms with E-state index in [2.05, 4.69) is 10.5 Å². The number of methoxy groups -OCH3 is 1. The molecule has 1 atom stereocenters. The van der Waals surface area contributed by atoms with E-state index in [1.54, 1.807) is 7.11 Å². The molecular formula is C15H21ClN4O. The van der Waals surface area contributed by atoms with Gasteiger partial charge in [0.1, 0.15) is 5.75 Å². The molecule has 0 saturated carbocycles. The summed E-state index contributed by atoms with van der Waals surface area (Å²) in [5, 5.41) is 5.14.